The van der Waals surface area contributed by atoms with Crippen LogP contribution in [-0.4, -0.2) is 157 Å². The normalized spacial score (nSPS) is 9.05. The van der Waals surface area contributed by atoms with Gasteiger partial charge in [0.05, 0.1) is 12.7 Å². The van der Waals surface area contributed by atoms with Gasteiger partial charge in [0.25, 0.3) is 0 Å². The molecule has 0 fully saturated rings. The Morgan fingerprint density at radius 3 is 0.839 bits per heavy atom. The van der Waals surface area contributed by atoms with Gasteiger partial charge in [-0.05, 0) is 106 Å². The van der Waals surface area contributed by atoms with Crippen molar-refractivity contribution < 1.29 is 38.3 Å². The minimum Gasteiger partial charge on any atom is -0.394 e. The highest BCUT2D eigenvalue weighted by Gasteiger charge is 1.99. The van der Waals surface area contributed by atoms with Crippen molar-refractivity contribution >= 4 is 0 Å². The predicted octanol–water partition coefficient (Wildman–Crippen LogP) is 12.2. The lowest BCUT2D eigenvalue weighted by Crippen LogP contribution is -2.15. The second-order valence-electron chi connectivity index (χ2n) is 12.5. The smallest absolute Gasteiger partial charge is 0.0777 e. The molecule has 0 spiro atoms. The topological polar surface area (TPSA) is 91.3 Å². The number of hydrogen-bond acceptors (Lipinski definition) is 10. The van der Waals surface area contributed by atoms with Gasteiger partial charge in [-0.1, -0.05) is 106 Å². The Balaban J connectivity index is -0.0000000295. The number of ether oxygens (including phenoxy) is 7. The van der Waals surface area contributed by atoms with Crippen LogP contribution in [0.1, 0.15) is 159 Å². The molecule has 0 aliphatic carbocycles. The molecule has 0 aliphatic heterocycles. The summed E-state index contributed by atoms with van der Waals surface area (Å²) in [5, 5.41) is 8.52. The van der Waals surface area contributed by atoms with E-state index < -0.39 is 0 Å². The number of aliphatic hydroxyl groups excluding tert-OH is 1. The fourth-order valence-electron chi connectivity index (χ4n) is 1.99. The first-order valence-electron chi connectivity index (χ1n) is 19.6. The van der Waals surface area contributed by atoms with E-state index in [9.17, 15) is 0 Å². The number of methoxy groups -OCH3 is 5. The Morgan fingerprint density at radius 2 is 0.750 bits per heavy atom. The summed E-state index contributed by atoms with van der Waals surface area (Å²) in [7, 11) is 16.8. The molecule has 0 aromatic carbocycles. The molecule has 56 heavy (non-hydrogen) atoms. The summed E-state index contributed by atoms with van der Waals surface area (Å²) in [4.78, 5) is 4.31. The van der Waals surface area contributed by atoms with Crippen LogP contribution in [-0.2, 0) is 33.2 Å². The van der Waals surface area contributed by atoms with Crippen molar-refractivity contribution in [2.24, 2.45) is 11.8 Å². The van der Waals surface area contributed by atoms with Crippen LogP contribution in [0.15, 0.2) is 0 Å². The molecule has 0 aromatic rings. The average Bonchev–Trinajstić information content (AvgIpc) is 3.10. The lowest BCUT2D eigenvalue weighted by molar-refractivity contribution is 0.0117. The Labute approximate surface area is 360 Å². The summed E-state index contributed by atoms with van der Waals surface area (Å²) >= 11 is 0. The third-order valence-corrected chi connectivity index (χ3v) is 4.87. The molecule has 364 valence electrons. The van der Waals surface area contributed by atoms with Crippen molar-refractivity contribution in [3.63, 3.8) is 0 Å². The van der Waals surface area contributed by atoms with Crippen LogP contribution in [0.2, 0.25) is 0 Å². The van der Waals surface area contributed by atoms with Crippen LogP contribution >= 0.6 is 0 Å². The molecule has 0 saturated carbocycles. The van der Waals surface area contributed by atoms with Gasteiger partial charge in [-0.25, -0.2) is 0 Å². The summed E-state index contributed by atoms with van der Waals surface area (Å²) in [6.07, 6.45) is 5.77. The molecule has 0 rings (SSSR count). The monoisotopic (exact) mass is 831 g/mol. The number of rotatable bonds is 19. The van der Waals surface area contributed by atoms with Crippen LogP contribution in [0.5, 0.6) is 0 Å². The van der Waals surface area contributed by atoms with Gasteiger partial charge in [0.2, 0.25) is 0 Å². The van der Waals surface area contributed by atoms with Crippen molar-refractivity contribution in [3.05, 3.63) is 0 Å². The molecule has 10 heteroatoms. The van der Waals surface area contributed by atoms with Gasteiger partial charge in [-0.2, -0.15) is 0 Å². The van der Waals surface area contributed by atoms with E-state index in [1.54, 1.807) is 35.5 Å². The van der Waals surface area contributed by atoms with E-state index >= 15 is 0 Å². The summed E-state index contributed by atoms with van der Waals surface area (Å²) in [5.41, 5.74) is 0. The summed E-state index contributed by atoms with van der Waals surface area (Å²) < 4.78 is 33.6. The number of nitrogens with zero attached hydrogens (tertiary/aromatic N) is 2. The molecule has 0 radical (unpaired) electrons. The first-order chi connectivity index (χ1) is 24.0. The summed E-state index contributed by atoms with van der Waals surface area (Å²) in [5.74, 6) is 1.23. The molecule has 10 nitrogen and oxygen atoms in total. The standard InChI is InChI=1S/C7H16O2.C6H14O.C5H13N.C5H12O.C4H11N.2C4H10O.2C3H8O.5CH4/c1-6(2)5-9-7(3)4-8;1-3-5-7-6-4-2;1-4-5-6(2)3;1-5(2)4-6-3;1-4-5(2)3;2*1-3-4-5-2;2*1-3-4-2;;;;;/h6-8H,4-5H2,1-3H3;3-6H2,1-2H3;4-5H2,1-3H3;5H,4H2,1-3H3;4H2,1-3H3;2*3-4H2,1-2H3;2*3H2,1-2H3;5*1H4. The molecular formula is C46H122N2O8. The molecule has 1 unspecified atom stereocenters. The van der Waals surface area contributed by atoms with E-state index in [1.165, 1.54) is 13.0 Å². The van der Waals surface area contributed by atoms with E-state index in [0.717, 1.165) is 85.1 Å². The van der Waals surface area contributed by atoms with Gasteiger partial charge < -0.3 is 48.1 Å². The van der Waals surface area contributed by atoms with Crippen molar-refractivity contribution in [1.29, 1.82) is 0 Å². The highest BCUT2D eigenvalue weighted by molar-refractivity contribution is 4.46. The Bertz CT molecular complexity index is 404. The summed E-state index contributed by atoms with van der Waals surface area (Å²) in [6, 6.07) is 0. The zero-order valence-electron chi connectivity index (χ0n) is 39.2. The highest BCUT2D eigenvalue weighted by atomic mass is 16.5. The van der Waals surface area contributed by atoms with E-state index in [-0.39, 0.29) is 49.8 Å². The van der Waals surface area contributed by atoms with Gasteiger partial charge in [0.1, 0.15) is 0 Å². The van der Waals surface area contributed by atoms with Gasteiger partial charge >= 0.3 is 0 Å². The summed E-state index contributed by atoms with van der Waals surface area (Å²) in [6.45, 7) is 36.3. The zero-order chi connectivity index (χ0) is 42.2. The molecule has 0 saturated heterocycles. The quantitative estimate of drug-likeness (QED) is 0.127. The SMILES string of the molecule is C.C.C.C.C.CC(C)COC(C)CO.CCCN(C)C.CCCOC.CCCOC.CCCOCCC.CCN(C)C.CCOC.CCOC.COCC(C)C. The molecule has 0 heterocycles. The number of aliphatic hydroxyl groups is 1. The van der Waals surface area contributed by atoms with Gasteiger partial charge in [0, 0.05) is 88.4 Å². The first-order valence-corrected chi connectivity index (χ1v) is 19.6. The molecular weight excluding hydrogens is 709 g/mol. The van der Waals surface area contributed by atoms with E-state index in [2.05, 4.69) is 117 Å². The third-order valence-electron chi connectivity index (χ3n) is 4.87. The van der Waals surface area contributed by atoms with Gasteiger partial charge in [0.15, 0.2) is 0 Å². The van der Waals surface area contributed by atoms with Crippen molar-refractivity contribution in [3.8, 4) is 0 Å². The van der Waals surface area contributed by atoms with Crippen LogP contribution in [0, 0.1) is 11.8 Å². The molecule has 0 amide bonds. The minimum absolute atomic E-state index is 0. The highest BCUT2D eigenvalue weighted by Crippen LogP contribution is 1.96. The van der Waals surface area contributed by atoms with E-state index in [4.69, 9.17) is 28.8 Å². The zero-order valence-corrected chi connectivity index (χ0v) is 39.2. The molecule has 0 aromatic heterocycles. The Kier molecular flexibility index (Phi) is 190. The van der Waals surface area contributed by atoms with Crippen LogP contribution in [0.3, 0.4) is 0 Å². The van der Waals surface area contributed by atoms with E-state index in [1.807, 2.05) is 20.8 Å². The van der Waals surface area contributed by atoms with Gasteiger partial charge in [-0.3, -0.25) is 0 Å². The average molecular weight is 831 g/mol. The van der Waals surface area contributed by atoms with Crippen molar-refractivity contribution in [1.82, 2.24) is 9.80 Å². The second-order valence-corrected chi connectivity index (χ2v) is 12.5. The largest absolute Gasteiger partial charge is 0.394 e. The maximum atomic E-state index is 8.52. The van der Waals surface area contributed by atoms with Crippen molar-refractivity contribution in [2.45, 2.75) is 165 Å². The lowest BCUT2D eigenvalue weighted by Gasteiger charge is -2.11. The maximum Gasteiger partial charge on any atom is 0.0777 e. The Morgan fingerprint density at radius 1 is 0.446 bits per heavy atom. The Hall–Kier alpha value is -0.400. The van der Waals surface area contributed by atoms with Crippen LogP contribution in [0.4, 0.5) is 0 Å². The van der Waals surface area contributed by atoms with E-state index in [0.29, 0.717) is 11.8 Å². The second kappa shape index (κ2) is 111. The number of hydrogen-bond donors (Lipinski definition) is 1. The predicted molar refractivity (Wildman–Crippen MR) is 262 cm³/mol. The lowest BCUT2D eigenvalue weighted by atomic mass is 10.2. The fraction of sp³-hybridized carbons (Fsp3) is 1.00. The maximum absolute atomic E-state index is 8.52. The molecule has 1 N–H and O–H groups in total. The molecule has 0 aliphatic rings. The first kappa shape index (κ1) is 95.8. The third kappa shape index (κ3) is 245. The van der Waals surface area contributed by atoms with Gasteiger partial charge in [-0.15, -0.1) is 0 Å². The van der Waals surface area contributed by atoms with Crippen LogP contribution in [0.25, 0.3) is 0 Å². The van der Waals surface area contributed by atoms with Crippen molar-refractivity contribution in [2.75, 3.05) is 136 Å². The molecule has 0 bridgehead atoms. The fourth-order valence-corrected chi connectivity index (χ4v) is 1.99. The van der Waals surface area contributed by atoms with Crippen LogP contribution < -0.4 is 0 Å². The minimum atomic E-state index is -0.00704. The molecule has 1 atom stereocenters.